The number of hydrogen-bond acceptors (Lipinski definition) is 4. The van der Waals surface area contributed by atoms with Crippen molar-refractivity contribution in [2.24, 2.45) is 7.05 Å². The molecule has 2 rings (SSSR count). The van der Waals surface area contributed by atoms with Crippen LogP contribution in [0.15, 0.2) is 17.8 Å². The second-order valence-electron chi connectivity index (χ2n) is 3.82. The predicted molar refractivity (Wildman–Crippen MR) is 62.4 cm³/mol. The Balaban J connectivity index is 2.12. The standard InChI is InChI=1S/C10H11F3N4S/c1-16-4-3-14-8(16)5-17(2)9-15-7(6-18-9)10(11,12)13/h3-4,6H,5H2,1-2H3. The van der Waals surface area contributed by atoms with Crippen LogP contribution in [0.3, 0.4) is 0 Å². The number of thiazole rings is 1. The number of alkyl halides is 3. The van der Waals surface area contributed by atoms with Gasteiger partial charge >= 0.3 is 6.18 Å². The van der Waals surface area contributed by atoms with Crippen molar-refractivity contribution in [1.82, 2.24) is 14.5 Å². The zero-order valence-corrected chi connectivity index (χ0v) is 10.6. The number of anilines is 1. The molecule has 0 N–H and O–H groups in total. The number of aryl methyl sites for hydroxylation is 1. The molecule has 0 aliphatic rings. The van der Waals surface area contributed by atoms with Crippen LogP contribution in [0.2, 0.25) is 0 Å². The van der Waals surface area contributed by atoms with E-state index in [2.05, 4.69) is 9.97 Å². The molecule has 18 heavy (non-hydrogen) atoms. The van der Waals surface area contributed by atoms with Gasteiger partial charge in [-0.2, -0.15) is 13.2 Å². The van der Waals surface area contributed by atoms with Crippen molar-refractivity contribution in [1.29, 1.82) is 0 Å². The van der Waals surface area contributed by atoms with E-state index in [0.29, 0.717) is 11.7 Å². The van der Waals surface area contributed by atoms with Crippen LogP contribution >= 0.6 is 11.3 Å². The van der Waals surface area contributed by atoms with E-state index in [4.69, 9.17) is 0 Å². The molecule has 0 saturated heterocycles. The lowest BCUT2D eigenvalue weighted by molar-refractivity contribution is -0.140. The van der Waals surface area contributed by atoms with Gasteiger partial charge in [0.05, 0.1) is 6.54 Å². The van der Waals surface area contributed by atoms with E-state index in [9.17, 15) is 13.2 Å². The zero-order chi connectivity index (χ0) is 13.3. The molecular weight excluding hydrogens is 265 g/mol. The van der Waals surface area contributed by atoms with Crippen molar-refractivity contribution in [3.8, 4) is 0 Å². The van der Waals surface area contributed by atoms with Crippen LogP contribution < -0.4 is 4.90 Å². The van der Waals surface area contributed by atoms with Crippen molar-refractivity contribution in [3.05, 3.63) is 29.3 Å². The van der Waals surface area contributed by atoms with E-state index in [0.717, 1.165) is 22.5 Å². The minimum Gasteiger partial charge on any atom is -0.344 e. The van der Waals surface area contributed by atoms with Crippen molar-refractivity contribution in [2.45, 2.75) is 12.7 Å². The summed E-state index contributed by atoms with van der Waals surface area (Å²) in [5.41, 5.74) is -0.853. The minimum absolute atomic E-state index is 0.324. The van der Waals surface area contributed by atoms with Gasteiger partial charge in [-0.05, 0) is 0 Å². The summed E-state index contributed by atoms with van der Waals surface area (Å²) in [5, 5.41) is 1.34. The SMILES string of the molecule is CN(Cc1nccn1C)c1nc(C(F)(F)F)cs1. The molecule has 0 bridgehead atoms. The Labute approximate surface area is 106 Å². The first-order valence-corrected chi connectivity index (χ1v) is 5.96. The number of rotatable bonds is 3. The summed E-state index contributed by atoms with van der Waals surface area (Å²) in [4.78, 5) is 9.33. The highest BCUT2D eigenvalue weighted by atomic mass is 32.1. The maximum atomic E-state index is 12.4. The molecule has 0 radical (unpaired) electrons. The Bertz CT molecular complexity index is 531. The lowest BCUT2D eigenvalue weighted by Crippen LogP contribution is -2.19. The van der Waals surface area contributed by atoms with E-state index < -0.39 is 11.9 Å². The van der Waals surface area contributed by atoms with Gasteiger partial charge in [0.2, 0.25) is 0 Å². The Morgan fingerprint density at radius 3 is 2.67 bits per heavy atom. The summed E-state index contributed by atoms with van der Waals surface area (Å²) in [5.74, 6) is 0.765. The average molecular weight is 276 g/mol. The largest absolute Gasteiger partial charge is 0.434 e. The molecule has 8 heteroatoms. The number of nitrogens with zero attached hydrogens (tertiary/aromatic N) is 4. The molecule has 4 nitrogen and oxygen atoms in total. The van der Waals surface area contributed by atoms with E-state index in [-0.39, 0.29) is 0 Å². The summed E-state index contributed by atoms with van der Waals surface area (Å²) in [6, 6.07) is 0. The van der Waals surface area contributed by atoms with Crippen molar-refractivity contribution < 1.29 is 13.2 Å². The summed E-state index contributed by atoms with van der Waals surface area (Å²) >= 11 is 0.970. The lowest BCUT2D eigenvalue weighted by atomic mass is 10.5. The Morgan fingerprint density at radius 2 is 2.17 bits per heavy atom. The molecule has 0 saturated carbocycles. The highest BCUT2D eigenvalue weighted by molar-refractivity contribution is 7.13. The van der Waals surface area contributed by atoms with Crippen molar-refractivity contribution >= 4 is 16.5 Å². The molecule has 2 heterocycles. The fourth-order valence-electron chi connectivity index (χ4n) is 1.40. The van der Waals surface area contributed by atoms with E-state index in [1.165, 1.54) is 0 Å². The second-order valence-corrected chi connectivity index (χ2v) is 4.66. The molecule has 0 spiro atoms. The normalized spacial score (nSPS) is 11.8. The Kier molecular flexibility index (Phi) is 3.29. The maximum absolute atomic E-state index is 12.4. The van der Waals surface area contributed by atoms with Crippen LogP contribution in [0.25, 0.3) is 0 Å². The molecule has 2 aromatic heterocycles. The molecule has 0 fully saturated rings. The van der Waals surface area contributed by atoms with E-state index in [1.807, 2.05) is 11.6 Å². The van der Waals surface area contributed by atoms with Crippen molar-refractivity contribution in [3.63, 3.8) is 0 Å². The Hall–Kier alpha value is -1.57. The maximum Gasteiger partial charge on any atom is 0.434 e. The summed E-state index contributed by atoms with van der Waals surface area (Å²) in [7, 11) is 3.52. The molecule has 0 aliphatic heterocycles. The van der Waals surface area contributed by atoms with Gasteiger partial charge in [0.25, 0.3) is 0 Å². The molecule has 2 aromatic rings. The number of imidazole rings is 1. The first-order chi connectivity index (χ1) is 8.38. The van der Waals surface area contributed by atoms with Gasteiger partial charge in [0, 0.05) is 31.9 Å². The van der Waals surface area contributed by atoms with Gasteiger partial charge in [0.1, 0.15) is 5.82 Å². The molecule has 0 unspecified atom stereocenters. The molecule has 98 valence electrons. The third-order valence-corrected chi connectivity index (χ3v) is 3.36. The van der Waals surface area contributed by atoms with E-state index >= 15 is 0 Å². The van der Waals surface area contributed by atoms with Gasteiger partial charge in [-0.15, -0.1) is 11.3 Å². The van der Waals surface area contributed by atoms with Gasteiger partial charge in [-0.3, -0.25) is 0 Å². The molecule has 0 aromatic carbocycles. The average Bonchev–Trinajstić information content (AvgIpc) is 2.87. The molecule has 0 atom stereocenters. The minimum atomic E-state index is -4.39. The number of aromatic nitrogens is 3. The number of hydrogen-bond donors (Lipinski definition) is 0. The molecular formula is C10H11F3N4S. The van der Waals surface area contributed by atoms with Gasteiger partial charge in [-0.1, -0.05) is 0 Å². The molecule has 0 aliphatic carbocycles. The molecule has 0 amide bonds. The fourth-order valence-corrected chi connectivity index (χ4v) is 2.20. The zero-order valence-electron chi connectivity index (χ0n) is 9.77. The van der Waals surface area contributed by atoms with Crippen molar-refractivity contribution in [2.75, 3.05) is 11.9 Å². The first-order valence-electron chi connectivity index (χ1n) is 5.08. The summed E-state index contributed by atoms with van der Waals surface area (Å²) in [6.45, 7) is 0.411. The monoisotopic (exact) mass is 276 g/mol. The first kappa shape index (κ1) is 12.9. The highest BCUT2D eigenvalue weighted by Crippen LogP contribution is 2.32. The summed E-state index contributed by atoms with van der Waals surface area (Å²) < 4.78 is 39.1. The van der Waals surface area contributed by atoms with Gasteiger partial charge < -0.3 is 9.47 Å². The van der Waals surface area contributed by atoms with Crippen LogP contribution in [0, 0.1) is 0 Å². The third-order valence-electron chi connectivity index (χ3n) is 2.41. The smallest absolute Gasteiger partial charge is 0.344 e. The van der Waals surface area contributed by atoms with Gasteiger partial charge in [0.15, 0.2) is 10.8 Å². The fraction of sp³-hybridized carbons (Fsp3) is 0.400. The second kappa shape index (κ2) is 4.60. The van der Waals surface area contributed by atoms with E-state index in [1.54, 1.807) is 24.3 Å². The number of halogens is 3. The van der Waals surface area contributed by atoms with Crippen LogP contribution in [0.4, 0.5) is 18.3 Å². The van der Waals surface area contributed by atoms with Crippen LogP contribution in [0.5, 0.6) is 0 Å². The third kappa shape index (κ3) is 2.63. The Morgan fingerprint density at radius 1 is 1.44 bits per heavy atom. The topological polar surface area (TPSA) is 34.0 Å². The van der Waals surface area contributed by atoms with Crippen LogP contribution in [0.1, 0.15) is 11.5 Å². The lowest BCUT2D eigenvalue weighted by Gasteiger charge is -2.15. The van der Waals surface area contributed by atoms with Gasteiger partial charge in [-0.25, -0.2) is 9.97 Å². The predicted octanol–water partition coefficient (Wildman–Crippen LogP) is 2.53. The highest BCUT2D eigenvalue weighted by Gasteiger charge is 2.34. The quantitative estimate of drug-likeness (QED) is 0.864. The summed E-state index contributed by atoms with van der Waals surface area (Å²) in [6.07, 6.45) is -0.961. The van der Waals surface area contributed by atoms with Crippen LogP contribution in [-0.4, -0.2) is 21.6 Å². The van der Waals surface area contributed by atoms with Crippen LogP contribution in [-0.2, 0) is 19.8 Å².